The first-order valence-electron chi connectivity index (χ1n) is 10.0. The van der Waals surface area contributed by atoms with Crippen molar-refractivity contribution in [2.24, 2.45) is 0 Å². The van der Waals surface area contributed by atoms with E-state index in [0.717, 1.165) is 15.9 Å². The summed E-state index contributed by atoms with van der Waals surface area (Å²) in [4.78, 5) is 14.3. The Morgan fingerprint density at radius 2 is 1.94 bits per heavy atom. The minimum atomic E-state index is -3.08. The van der Waals surface area contributed by atoms with Crippen molar-refractivity contribution in [2.45, 2.75) is 26.3 Å². The fourth-order valence-electron chi connectivity index (χ4n) is 3.95. The van der Waals surface area contributed by atoms with Crippen molar-refractivity contribution in [3.05, 3.63) is 58.5 Å². The highest BCUT2D eigenvalue weighted by Gasteiger charge is 2.31. The van der Waals surface area contributed by atoms with Gasteiger partial charge < -0.3 is 5.32 Å². The highest BCUT2D eigenvalue weighted by molar-refractivity contribution is 7.91. The Hall–Kier alpha value is -3.05. The molecule has 4 aromatic rings. The molecule has 1 aromatic carbocycles. The van der Waals surface area contributed by atoms with Gasteiger partial charge in [-0.3, -0.25) is 4.79 Å². The molecule has 1 aliphatic heterocycles. The average molecular weight is 474 g/mol. The first kappa shape index (κ1) is 20.8. The van der Waals surface area contributed by atoms with Crippen LogP contribution in [0.15, 0.2) is 36.4 Å². The second kappa shape index (κ2) is 7.52. The number of benzene rings is 1. The molecule has 1 N–H and O–H groups in total. The van der Waals surface area contributed by atoms with Crippen LogP contribution in [0.4, 0.5) is 10.2 Å². The third kappa shape index (κ3) is 3.71. The Morgan fingerprint density at radius 1 is 1.19 bits per heavy atom. The van der Waals surface area contributed by atoms with Crippen molar-refractivity contribution in [2.75, 3.05) is 16.8 Å². The zero-order chi connectivity index (χ0) is 22.6. The van der Waals surface area contributed by atoms with Crippen molar-refractivity contribution in [1.82, 2.24) is 19.6 Å². The van der Waals surface area contributed by atoms with Crippen LogP contribution in [0.5, 0.6) is 0 Å². The summed E-state index contributed by atoms with van der Waals surface area (Å²) in [6.07, 6.45) is 0.474. The van der Waals surface area contributed by atoms with E-state index < -0.39 is 9.84 Å². The lowest BCUT2D eigenvalue weighted by atomic mass is 10.2. The number of halogens is 1. The number of aromatic nitrogens is 4. The maximum absolute atomic E-state index is 13.3. The zero-order valence-electron chi connectivity index (χ0n) is 17.4. The lowest BCUT2D eigenvalue weighted by Gasteiger charge is -2.13. The van der Waals surface area contributed by atoms with Crippen LogP contribution in [0, 0.1) is 19.7 Å². The number of aryl methyl sites for hydroxylation is 2. The van der Waals surface area contributed by atoms with Gasteiger partial charge in [-0.05, 0) is 50.6 Å². The maximum Gasteiger partial charge on any atom is 0.266 e. The Balaban J connectivity index is 1.45. The summed E-state index contributed by atoms with van der Waals surface area (Å²) in [5.41, 5.74) is 2.16. The molecule has 0 saturated carbocycles. The Labute approximate surface area is 187 Å². The minimum absolute atomic E-state index is 0.0204. The molecule has 11 heteroatoms. The van der Waals surface area contributed by atoms with E-state index in [2.05, 4.69) is 15.5 Å². The van der Waals surface area contributed by atoms with Gasteiger partial charge in [0.2, 0.25) is 0 Å². The van der Waals surface area contributed by atoms with Gasteiger partial charge in [-0.2, -0.15) is 10.2 Å². The molecule has 1 fully saturated rings. The van der Waals surface area contributed by atoms with Gasteiger partial charge in [0.15, 0.2) is 9.84 Å². The molecule has 0 bridgehead atoms. The number of nitrogens with one attached hydrogen (secondary N) is 1. The number of anilines is 1. The number of sulfone groups is 1. The van der Waals surface area contributed by atoms with Crippen molar-refractivity contribution >= 4 is 43.1 Å². The zero-order valence-corrected chi connectivity index (χ0v) is 19.0. The van der Waals surface area contributed by atoms with Crippen LogP contribution in [0.1, 0.15) is 33.5 Å². The second-order valence-corrected chi connectivity index (χ2v) is 11.2. The van der Waals surface area contributed by atoms with Gasteiger partial charge in [-0.15, -0.1) is 11.3 Å². The van der Waals surface area contributed by atoms with E-state index in [1.807, 2.05) is 6.92 Å². The molecule has 0 radical (unpaired) electrons. The van der Waals surface area contributed by atoms with Gasteiger partial charge in [0.05, 0.1) is 39.5 Å². The molecule has 1 unspecified atom stereocenters. The lowest BCUT2D eigenvalue weighted by Crippen LogP contribution is -2.19. The summed E-state index contributed by atoms with van der Waals surface area (Å²) in [6.45, 7) is 3.66. The van der Waals surface area contributed by atoms with Crippen LogP contribution in [-0.4, -0.2) is 45.4 Å². The van der Waals surface area contributed by atoms with E-state index in [-0.39, 0.29) is 29.3 Å². The molecule has 166 valence electrons. The number of carbonyl (C=O) groups is 1. The van der Waals surface area contributed by atoms with E-state index in [9.17, 15) is 17.6 Å². The number of amides is 1. The monoisotopic (exact) mass is 473 g/mol. The third-order valence-electron chi connectivity index (χ3n) is 5.49. The van der Waals surface area contributed by atoms with Gasteiger partial charge in [0, 0.05) is 11.5 Å². The van der Waals surface area contributed by atoms with Crippen LogP contribution in [0.3, 0.4) is 0 Å². The molecule has 8 nitrogen and oxygen atoms in total. The number of hydrogen-bond acceptors (Lipinski definition) is 6. The van der Waals surface area contributed by atoms with E-state index in [4.69, 9.17) is 0 Å². The first-order chi connectivity index (χ1) is 15.2. The Kier molecular flexibility index (Phi) is 4.90. The van der Waals surface area contributed by atoms with E-state index in [1.165, 1.54) is 23.5 Å². The molecule has 0 spiro atoms. The van der Waals surface area contributed by atoms with Crippen LogP contribution >= 0.6 is 11.3 Å². The lowest BCUT2D eigenvalue weighted by molar-refractivity contribution is 0.102. The van der Waals surface area contributed by atoms with Crippen molar-refractivity contribution in [1.29, 1.82) is 0 Å². The topological polar surface area (TPSA) is 98.9 Å². The summed E-state index contributed by atoms with van der Waals surface area (Å²) in [5.74, 6) is -0.0178. The van der Waals surface area contributed by atoms with Gasteiger partial charge in [-0.1, -0.05) is 0 Å². The number of nitrogens with zero attached hydrogens (tertiary/aromatic N) is 4. The van der Waals surface area contributed by atoms with Crippen LogP contribution in [0.25, 0.3) is 15.9 Å². The van der Waals surface area contributed by atoms with Gasteiger partial charge in [0.1, 0.15) is 16.5 Å². The predicted octanol–water partition coefficient (Wildman–Crippen LogP) is 3.65. The van der Waals surface area contributed by atoms with Crippen molar-refractivity contribution in [3.8, 4) is 5.69 Å². The minimum Gasteiger partial charge on any atom is -0.306 e. The molecule has 5 rings (SSSR count). The van der Waals surface area contributed by atoms with E-state index in [0.29, 0.717) is 28.5 Å². The largest absolute Gasteiger partial charge is 0.306 e. The number of thiophene rings is 1. The summed E-state index contributed by atoms with van der Waals surface area (Å²) in [5, 5.41) is 12.7. The maximum atomic E-state index is 13.3. The highest BCUT2D eigenvalue weighted by Crippen LogP contribution is 2.32. The quantitative estimate of drug-likeness (QED) is 0.488. The van der Waals surface area contributed by atoms with Crippen molar-refractivity contribution < 1.29 is 17.6 Å². The molecular weight excluding hydrogens is 453 g/mol. The second-order valence-electron chi connectivity index (χ2n) is 7.93. The molecular formula is C21H20FN5O3S2. The van der Waals surface area contributed by atoms with E-state index in [1.54, 1.807) is 40.6 Å². The predicted molar refractivity (Wildman–Crippen MR) is 121 cm³/mol. The Bertz CT molecular complexity index is 1450. The first-order valence-corrected chi connectivity index (χ1v) is 12.7. The summed E-state index contributed by atoms with van der Waals surface area (Å²) >= 11 is 1.28. The van der Waals surface area contributed by atoms with E-state index >= 15 is 0 Å². The van der Waals surface area contributed by atoms with Crippen molar-refractivity contribution in [3.63, 3.8) is 0 Å². The van der Waals surface area contributed by atoms with Gasteiger partial charge >= 0.3 is 0 Å². The molecule has 0 aliphatic carbocycles. The number of carbonyl (C=O) groups excluding carboxylic acids is 1. The summed E-state index contributed by atoms with van der Waals surface area (Å²) < 4.78 is 40.4. The molecule has 1 aliphatic rings. The molecule has 3 aromatic heterocycles. The summed E-state index contributed by atoms with van der Waals surface area (Å²) in [6, 6.07) is 9.24. The molecule has 1 amide bonds. The highest BCUT2D eigenvalue weighted by atomic mass is 32.2. The average Bonchev–Trinajstić information content (AvgIpc) is 3.47. The fraction of sp³-hybridized carbons (Fsp3) is 0.286. The number of hydrogen-bond donors (Lipinski definition) is 1. The standard InChI is InChI=1S/C21H20FN5O3S2/c1-12-9-19(26(24-12)16-7-8-32(29,30)11-16)23-20(28)18-10-17-13(2)25-27(21(17)31-18)15-5-3-14(22)4-6-15/h3-6,9-10,16H,7-8,11H2,1-2H3,(H,23,28). The van der Waals surface area contributed by atoms with Gasteiger partial charge in [-0.25, -0.2) is 22.2 Å². The molecule has 32 heavy (non-hydrogen) atoms. The third-order valence-corrected chi connectivity index (χ3v) is 8.35. The van der Waals surface area contributed by atoms with Gasteiger partial charge in [0.25, 0.3) is 5.91 Å². The molecule has 1 atom stereocenters. The normalized spacial score (nSPS) is 17.8. The Morgan fingerprint density at radius 3 is 2.62 bits per heavy atom. The summed E-state index contributed by atoms with van der Waals surface area (Å²) in [7, 11) is -3.08. The molecule has 4 heterocycles. The van der Waals surface area contributed by atoms with Crippen LogP contribution < -0.4 is 5.32 Å². The SMILES string of the molecule is Cc1cc(NC(=O)c2cc3c(C)nn(-c4ccc(F)cc4)c3s2)n(C2CCS(=O)(=O)C2)n1. The van der Waals surface area contributed by atoms with Crippen LogP contribution in [0.2, 0.25) is 0 Å². The fourth-order valence-corrected chi connectivity index (χ4v) is 6.72. The van der Waals surface area contributed by atoms with Crippen LogP contribution in [-0.2, 0) is 9.84 Å². The number of fused-ring (bicyclic) bond motifs is 1. The molecule has 1 saturated heterocycles. The smallest absolute Gasteiger partial charge is 0.266 e. The number of rotatable bonds is 4.